The second-order valence-corrected chi connectivity index (χ2v) is 7.78. The lowest BCUT2D eigenvalue weighted by atomic mass is 9.86. The molecule has 0 aliphatic rings. The maximum atomic E-state index is 12.6. The third-order valence-electron chi connectivity index (χ3n) is 4.30. The summed E-state index contributed by atoms with van der Waals surface area (Å²) in [5.74, 6) is 0.379. The standard InChI is InChI=1S/C22H29N3O3/c1-14(21(27)25-18-10-8-17(9-11-18)24-15(2)26)23-19-13-16(22(3,4)5)7-12-20(19)28-6/h7-14,23H,1-6H3,(H,24,26)(H,25,27). The molecule has 28 heavy (non-hydrogen) atoms. The van der Waals surface area contributed by atoms with Crippen molar-refractivity contribution in [3.8, 4) is 5.75 Å². The first-order chi connectivity index (χ1) is 13.1. The van der Waals surface area contributed by atoms with Crippen molar-refractivity contribution in [2.45, 2.75) is 46.1 Å². The van der Waals surface area contributed by atoms with Gasteiger partial charge < -0.3 is 20.7 Å². The van der Waals surface area contributed by atoms with Crippen molar-refractivity contribution in [1.82, 2.24) is 0 Å². The van der Waals surface area contributed by atoms with Crippen LogP contribution in [0.15, 0.2) is 42.5 Å². The van der Waals surface area contributed by atoms with E-state index in [-0.39, 0.29) is 17.2 Å². The number of methoxy groups -OCH3 is 1. The van der Waals surface area contributed by atoms with Crippen LogP contribution in [0.3, 0.4) is 0 Å². The molecule has 0 saturated heterocycles. The number of amides is 2. The topological polar surface area (TPSA) is 79.5 Å². The van der Waals surface area contributed by atoms with E-state index in [1.54, 1.807) is 38.3 Å². The highest BCUT2D eigenvalue weighted by Gasteiger charge is 2.19. The predicted octanol–water partition coefficient (Wildman–Crippen LogP) is 4.39. The number of benzene rings is 2. The van der Waals surface area contributed by atoms with E-state index in [0.29, 0.717) is 17.1 Å². The van der Waals surface area contributed by atoms with E-state index < -0.39 is 6.04 Å². The van der Waals surface area contributed by atoms with Gasteiger partial charge in [0, 0.05) is 18.3 Å². The first kappa shape index (κ1) is 21.3. The maximum Gasteiger partial charge on any atom is 0.246 e. The van der Waals surface area contributed by atoms with Gasteiger partial charge in [0.05, 0.1) is 12.8 Å². The molecule has 2 aromatic rings. The molecule has 0 spiro atoms. The summed E-state index contributed by atoms with van der Waals surface area (Å²) in [6, 6.07) is 12.5. The van der Waals surface area contributed by atoms with Crippen molar-refractivity contribution in [3.05, 3.63) is 48.0 Å². The van der Waals surface area contributed by atoms with Crippen molar-refractivity contribution < 1.29 is 14.3 Å². The normalized spacial score (nSPS) is 12.1. The first-order valence-corrected chi connectivity index (χ1v) is 9.23. The summed E-state index contributed by atoms with van der Waals surface area (Å²) < 4.78 is 5.43. The van der Waals surface area contributed by atoms with Crippen LogP contribution in [-0.4, -0.2) is 25.0 Å². The monoisotopic (exact) mass is 383 g/mol. The van der Waals surface area contributed by atoms with Gasteiger partial charge in [0.1, 0.15) is 11.8 Å². The molecule has 0 bridgehead atoms. The molecule has 0 saturated carbocycles. The van der Waals surface area contributed by atoms with Crippen LogP contribution in [0.1, 0.15) is 40.2 Å². The van der Waals surface area contributed by atoms with Gasteiger partial charge in [0.15, 0.2) is 0 Å². The van der Waals surface area contributed by atoms with Gasteiger partial charge in [0.25, 0.3) is 0 Å². The van der Waals surface area contributed by atoms with Gasteiger partial charge >= 0.3 is 0 Å². The van der Waals surface area contributed by atoms with Crippen molar-refractivity contribution >= 4 is 28.9 Å². The lowest BCUT2D eigenvalue weighted by molar-refractivity contribution is -0.116. The number of carbonyl (C=O) groups is 2. The van der Waals surface area contributed by atoms with Gasteiger partial charge in [-0.05, 0) is 54.3 Å². The minimum atomic E-state index is -0.473. The highest BCUT2D eigenvalue weighted by Crippen LogP contribution is 2.31. The molecule has 150 valence electrons. The van der Waals surface area contributed by atoms with E-state index in [1.165, 1.54) is 6.92 Å². The zero-order chi connectivity index (χ0) is 20.9. The Kier molecular flexibility index (Phi) is 6.67. The minimum Gasteiger partial charge on any atom is -0.495 e. The van der Waals surface area contributed by atoms with E-state index in [9.17, 15) is 9.59 Å². The number of hydrogen-bond donors (Lipinski definition) is 3. The van der Waals surface area contributed by atoms with Gasteiger partial charge in [-0.2, -0.15) is 0 Å². The van der Waals surface area contributed by atoms with Gasteiger partial charge in [0.2, 0.25) is 11.8 Å². The Hall–Kier alpha value is -3.02. The van der Waals surface area contributed by atoms with Crippen LogP contribution in [0.5, 0.6) is 5.75 Å². The molecule has 0 fully saturated rings. The summed E-state index contributed by atoms with van der Waals surface area (Å²) in [5.41, 5.74) is 3.25. The van der Waals surface area contributed by atoms with Crippen LogP contribution in [0.4, 0.5) is 17.1 Å². The first-order valence-electron chi connectivity index (χ1n) is 9.23. The van der Waals surface area contributed by atoms with Gasteiger partial charge in [-0.15, -0.1) is 0 Å². The summed E-state index contributed by atoms with van der Waals surface area (Å²) in [6.07, 6.45) is 0. The zero-order valence-electron chi connectivity index (χ0n) is 17.3. The predicted molar refractivity (Wildman–Crippen MR) is 114 cm³/mol. The highest BCUT2D eigenvalue weighted by molar-refractivity contribution is 5.97. The lowest BCUT2D eigenvalue weighted by Crippen LogP contribution is -2.32. The third-order valence-corrected chi connectivity index (χ3v) is 4.30. The quantitative estimate of drug-likeness (QED) is 0.691. The maximum absolute atomic E-state index is 12.6. The molecule has 0 radical (unpaired) electrons. The molecule has 0 aliphatic heterocycles. The molecule has 6 heteroatoms. The van der Waals surface area contributed by atoms with Crippen molar-refractivity contribution in [2.75, 3.05) is 23.1 Å². The van der Waals surface area contributed by atoms with E-state index in [4.69, 9.17) is 4.74 Å². The molecule has 2 rings (SSSR count). The van der Waals surface area contributed by atoms with Gasteiger partial charge in [-0.25, -0.2) is 0 Å². The van der Waals surface area contributed by atoms with Crippen LogP contribution >= 0.6 is 0 Å². The number of carbonyl (C=O) groups excluding carboxylic acids is 2. The Balaban J connectivity index is 2.08. The second-order valence-electron chi connectivity index (χ2n) is 7.78. The van der Waals surface area contributed by atoms with Crippen molar-refractivity contribution in [1.29, 1.82) is 0 Å². The van der Waals surface area contributed by atoms with Crippen molar-refractivity contribution in [3.63, 3.8) is 0 Å². The third kappa shape index (κ3) is 5.74. The summed E-state index contributed by atoms with van der Waals surface area (Å²) in [5, 5.41) is 8.80. The molecular formula is C22H29N3O3. The van der Waals surface area contributed by atoms with E-state index in [0.717, 1.165) is 11.3 Å². The summed E-state index contributed by atoms with van der Waals surface area (Å²) >= 11 is 0. The number of hydrogen-bond acceptors (Lipinski definition) is 4. The molecule has 0 aromatic heterocycles. The summed E-state index contributed by atoms with van der Waals surface area (Å²) in [4.78, 5) is 23.7. The number of rotatable bonds is 6. The fourth-order valence-electron chi connectivity index (χ4n) is 2.68. The van der Waals surface area contributed by atoms with Crippen LogP contribution < -0.4 is 20.7 Å². The molecule has 0 aliphatic carbocycles. The Morgan fingerprint density at radius 1 is 0.964 bits per heavy atom. The number of nitrogens with one attached hydrogen (secondary N) is 3. The average molecular weight is 383 g/mol. The summed E-state index contributed by atoms with van der Waals surface area (Å²) in [7, 11) is 1.61. The molecular weight excluding hydrogens is 354 g/mol. The fourth-order valence-corrected chi connectivity index (χ4v) is 2.68. The van der Waals surface area contributed by atoms with Crippen LogP contribution in [0.25, 0.3) is 0 Å². The van der Waals surface area contributed by atoms with Crippen LogP contribution in [0, 0.1) is 0 Å². The highest BCUT2D eigenvalue weighted by atomic mass is 16.5. The average Bonchev–Trinajstić information content (AvgIpc) is 2.62. The Morgan fingerprint density at radius 3 is 2.04 bits per heavy atom. The molecule has 1 unspecified atom stereocenters. The number of anilines is 3. The second kappa shape index (κ2) is 8.78. The minimum absolute atomic E-state index is 0.0101. The fraction of sp³-hybridized carbons (Fsp3) is 0.364. The molecule has 0 heterocycles. The molecule has 6 nitrogen and oxygen atoms in total. The summed E-state index contributed by atoms with van der Waals surface area (Å²) in [6.45, 7) is 9.66. The van der Waals surface area contributed by atoms with Crippen LogP contribution in [0.2, 0.25) is 0 Å². The molecule has 2 aromatic carbocycles. The Bertz CT molecular complexity index is 839. The smallest absolute Gasteiger partial charge is 0.246 e. The lowest BCUT2D eigenvalue weighted by Gasteiger charge is -2.23. The zero-order valence-corrected chi connectivity index (χ0v) is 17.3. The Labute approximate surface area is 166 Å². The van der Waals surface area contributed by atoms with Crippen LogP contribution in [-0.2, 0) is 15.0 Å². The van der Waals surface area contributed by atoms with Crippen molar-refractivity contribution in [2.24, 2.45) is 0 Å². The molecule has 2 amide bonds. The Morgan fingerprint density at radius 2 is 1.54 bits per heavy atom. The number of ether oxygens (including phenoxy) is 1. The van der Waals surface area contributed by atoms with Gasteiger partial charge in [-0.1, -0.05) is 26.8 Å². The molecule has 3 N–H and O–H groups in total. The van der Waals surface area contributed by atoms with E-state index in [1.807, 2.05) is 18.2 Å². The largest absolute Gasteiger partial charge is 0.495 e. The van der Waals surface area contributed by atoms with Gasteiger partial charge in [-0.3, -0.25) is 9.59 Å². The van der Waals surface area contributed by atoms with E-state index in [2.05, 4.69) is 36.7 Å². The SMILES string of the molecule is COc1ccc(C(C)(C)C)cc1NC(C)C(=O)Nc1ccc(NC(C)=O)cc1. The molecule has 1 atom stereocenters. The van der Waals surface area contributed by atoms with E-state index >= 15 is 0 Å².